The Bertz CT molecular complexity index is 1600. The second-order valence-electron chi connectivity index (χ2n) is 8.71. The standard InChI is InChI=1S/C27H19ClN2O5/c1-29-19-10-6-5-9-18(19)27(26(29)34)22-23(32)17-13-16(28)11-12-21(17)35-24(22)25(33)30(27)14-20(31)15-7-3-2-4-8-15/h2-13,20,31H,14H2,1H3. The van der Waals surface area contributed by atoms with Crippen LogP contribution in [0, 0.1) is 0 Å². The molecule has 0 radical (unpaired) electrons. The molecule has 0 saturated heterocycles. The molecule has 1 spiro atoms. The highest BCUT2D eigenvalue weighted by Gasteiger charge is 2.64. The molecule has 3 heterocycles. The van der Waals surface area contributed by atoms with Crippen LogP contribution in [0.4, 0.5) is 5.69 Å². The van der Waals surface area contributed by atoms with Gasteiger partial charge >= 0.3 is 0 Å². The SMILES string of the molecule is CN1C(=O)C2(c3ccccc31)c1c(oc3ccc(Cl)cc3c1=O)C(=O)N2CC(O)c1ccccc1. The Balaban J connectivity index is 1.66. The van der Waals surface area contributed by atoms with Crippen LogP contribution in [-0.4, -0.2) is 35.4 Å². The van der Waals surface area contributed by atoms with E-state index in [0.717, 1.165) is 0 Å². The van der Waals surface area contributed by atoms with Gasteiger partial charge in [-0.1, -0.05) is 60.1 Å². The topological polar surface area (TPSA) is 91.1 Å². The van der Waals surface area contributed by atoms with Gasteiger partial charge in [-0.25, -0.2) is 0 Å². The summed E-state index contributed by atoms with van der Waals surface area (Å²) in [6, 6.07) is 20.4. The van der Waals surface area contributed by atoms with Crippen LogP contribution in [0.3, 0.4) is 0 Å². The van der Waals surface area contributed by atoms with Crippen molar-refractivity contribution in [2.75, 3.05) is 18.5 Å². The number of likely N-dealkylation sites (N-methyl/N-ethyl adjacent to an activating group) is 1. The molecule has 0 saturated carbocycles. The number of halogens is 1. The lowest BCUT2D eigenvalue weighted by atomic mass is 9.83. The normalized spacial score (nSPS) is 19.5. The molecule has 3 aromatic carbocycles. The maximum atomic E-state index is 14.0. The van der Waals surface area contributed by atoms with E-state index in [-0.39, 0.29) is 28.8 Å². The number of anilines is 1. The number of para-hydroxylation sites is 1. The van der Waals surface area contributed by atoms with Crippen LogP contribution >= 0.6 is 11.6 Å². The van der Waals surface area contributed by atoms with E-state index in [1.165, 1.54) is 21.9 Å². The van der Waals surface area contributed by atoms with Gasteiger partial charge in [0, 0.05) is 23.3 Å². The molecular weight excluding hydrogens is 468 g/mol. The molecule has 7 nitrogen and oxygen atoms in total. The first-order valence-electron chi connectivity index (χ1n) is 11.0. The first-order valence-corrected chi connectivity index (χ1v) is 11.4. The molecule has 2 aliphatic heterocycles. The second-order valence-corrected chi connectivity index (χ2v) is 9.15. The highest BCUT2D eigenvalue weighted by atomic mass is 35.5. The molecular formula is C27H19ClN2O5. The zero-order valence-electron chi connectivity index (χ0n) is 18.6. The van der Waals surface area contributed by atoms with Gasteiger partial charge in [0.15, 0.2) is 11.0 Å². The molecule has 2 amide bonds. The molecule has 2 atom stereocenters. The molecule has 1 N–H and O–H groups in total. The number of aliphatic hydroxyl groups excluding tert-OH is 1. The van der Waals surface area contributed by atoms with Gasteiger partial charge in [-0.3, -0.25) is 14.4 Å². The van der Waals surface area contributed by atoms with Crippen LogP contribution in [0.15, 0.2) is 82.0 Å². The quantitative estimate of drug-likeness (QED) is 0.475. The Hall–Kier alpha value is -3.94. The monoisotopic (exact) mass is 486 g/mol. The van der Waals surface area contributed by atoms with Crippen LogP contribution in [0.25, 0.3) is 11.0 Å². The molecule has 174 valence electrons. The summed E-state index contributed by atoms with van der Waals surface area (Å²) in [6.07, 6.45) is -1.10. The number of aliphatic hydroxyl groups is 1. The summed E-state index contributed by atoms with van der Waals surface area (Å²) >= 11 is 6.15. The number of amides is 2. The van der Waals surface area contributed by atoms with Gasteiger partial charge in [0.1, 0.15) is 5.58 Å². The van der Waals surface area contributed by atoms with Crippen molar-refractivity contribution in [3.63, 3.8) is 0 Å². The number of hydrogen-bond donors (Lipinski definition) is 1. The average molecular weight is 487 g/mol. The third-order valence-corrected chi connectivity index (χ3v) is 7.10. The van der Waals surface area contributed by atoms with Gasteiger partial charge in [-0.2, -0.15) is 0 Å². The van der Waals surface area contributed by atoms with E-state index >= 15 is 0 Å². The fourth-order valence-electron chi connectivity index (χ4n) is 5.27. The molecule has 35 heavy (non-hydrogen) atoms. The lowest BCUT2D eigenvalue weighted by molar-refractivity contribution is -0.126. The Morgan fingerprint density at radius 1 is 1.00 bits per heavy atom. The maximum absolute atomic E-state index is 14.0. The summed E-state index contributed by atoms with van der Waals surface area (Å²) in [5.74, 6) is -1.31. The summed E-state index contributed by atoms with van der Waals surface area (Å²) in [5, 5.41) is 11.6. The first kappa shape index (κ1) is 21.6. The minimum atomic E-state index is -1.77. The number of carbonyl (C=O) groups is 2. The fourth-order valence-corrected chi connectivity index (χ4v) is 5.44. The predicted molar refractivity (Wildman–Crippen MR) is 131 cm³/mol. The lowest BCUT2D eigenvalue weighted by Crippen LogP contribution is -2.53. The number of nitrogens with zero attached hydrogens (tertiary/aromatic N) is 2. The number of β-amino-alcohol motifs (C(OH)–C–C–N with tert-alkyl or cyclic N) is 1. The fraction of sp³-hybridized carbons (Fsp3) is 0.148. The molecule has 2 unspecified atom stereocenters. The van der Waals surface area contributed by atoms with E-state index in [2.05, 4.69) is 0 Å². The van der Waals surface area contributed by atoms with Crippen LogP contribution in [0.5, 0.6) is 0 Å². The number of rotatable bonds is 3. The van der Waals surface area contributed by atoms with Crippen LogP contribution in [0.2, 0.25) is 5.02 Å². The summed E-state index contributed by atoms with van der Waals surface area (Å²) in [7, 11) is 1.60. The van der Waals surface area contributed by atoms with E-state index in [1.54, 1.807) is 61.6 Å². The molecule has 0 bridgehead atoms. The van der Waals surface area contributed by atoms with Crippen molar-refractivity contribution in [3.05, 3.63) is 110 Å². The van der Waals surface area contributed by atoms with E-state index in [4.69, 9.17) is 16.0 Å². The number of hydrogen-bond acceptors (Lipinski definition) is 5. The smallest absolute Gasteiger partial charge is 0.291 e. The Morgan fingerprint density at radius 3 is 2.49 bits per heavy atom. The van der Waals surface area contributed by atoms with Gasteiger partial charge < -0.3 is 19.3 Å². The minimum absolute atomic E-state index is 0.0562. The molecule has 0 fully saturated rings. The number of carbonyl (C=O) groups excluding carboxylic acids is 2. The van der Waals surface area contributed by atoms with E-state index in [9.17, 15) is 19.5 Å². The number of fused-ring (bicyclic) bond motifs is 5. The Kier molecular flexibility index (Phi) is 4.64. The van der Waals surface area contributed by atoms with Gasteiger partial charge in [0.25, 0.3) is 11.8 Å². The zero-order valence-corrected chi connectivity index (χ0v) is 19.3. The Labute approximate surface area is 204 Å². The van der Waals surface area contributed by atoms with Crippen molar-refractivity contribution < 1.29 is 19.1 Å². The Morgan fingerprint density at radius 2 is 1.71 bits per heavy atom. The van der Waals surface area contributed by atoms with Crippen molar-refractivity contribution >= 4 is 40.1 Å². The molecule has 1 aromatic heterocycles. The molecule has 4 aromatic rings. The second kappa shape index (κ2) is 7.53. The van der Waals surface area contributed by atoms with Crippen molar-refractivity contribution in [2.24, 2.45) is 0 Å². The summed E-state index contributed by atoms with van der Waals surface area (Å²) in [4.78, 5) is 44.5. The largest absolute Gasteiger partial charge is 0.450 e. The van der Waals surface area contributed by atoms with Crippen molar-refractivity contribution in [3.8, 4) is 0 Å². The van der Waals surface area contributed by atoms with Crippen molar-refractivity contribution in [2.45, 2.75) is 11.6 Å². The third kappa shape index (κ3) is 2.79. The lowest BCUT2D eigenvalue weighted by Gasteiger charge is -2.35. The van der Waals surface area contributed by atoms with Gasteiger partial charge in [0.2, 0.25) is 5.76 Å². The van der Waals surface area contributed by atoms with Crippen LogP contribution in [0.1, 0.15) is 33.3 Å². The van der Waals surface area contributed by atoms with Gasteiger partial charge in [0.05, 0.1) is 23.6 Å². The predicted octanol–water partition coefficient (Wildman–Crippen LogP) is 3.86. The van der Waals surface area contributed by atoms with Crippen LogP contribution < -0.4 is 10.3 Å². The highest BCUT2D eigenvalue weighted by molar-refractivity contribution is 6.31. The molecule has 0 aliphatic carbocycles. The maximum Gasteiger partial charge on any atom is 0.291 e. The minimum Gasteiger partial charge on any atom is -0.450 e. The number of benzene rings is 3. The van der Waals surface area contributed by atoms with Gasteiger partial charge in [-0.05, 0) is 29.8 Å². The first-order chi connectivity index (χ1) is 16.9. The van der Waals surface area contributed by atoms with E-state index in [0.29, 0.717) is 21.8 Å². The zero-order chi connectivity index (χ0) is 24.5. The highest BCUT2D eigenvalue weighted by Crippen LogP contribution is 2.52. The molecule has 6 rings (SSSR count). The van der Waals surface area contributed by atoms with Crippen LogP contribution in [-0.2, 0) is 10.3 Å². The summed E-state index contributed by atoms with van der Waals surface area (Å²) in [6.45, 7) is -0.225. The summed E-state index contributed by atoms with van der Waals surface area (Å²) in [5.41, 5.74) is -0.512. The summed E-state index contributed by atoms with van der Waals surface area (Å²) < 4.78 is 5.95. The molecule has 8 heteroatoms. The molecule has 2 aliphatic rings. The van der Waals surface area contributed by atoms with E-state index in [1.807, 2.05) is 6.07 Å². The van der Waals surface area contributed by atoms with Crippen molar-refractivity contribution in [1.29, 1.82) is 0 Å². The average Bonchev–Trinajstić information content (AvgIpc) is 3.25. The van der Waals surface area contributed by atoms with Gasteiger partial charge in [-0.15, -0.1) is 0 Å². The van der Waals surface area contributed by atoms with E-state index < -0.39 is 28.9 Å². The third-order valence-electron chi connectivity index (χ3n) is 6.87. The van der Waals surface area contributed by atoms with Crippen molar-refractivity contribution in [1.82, 2.24) is 4.90 Å².